The molecule has 0 bridgehead atoms. The summed E-state index contributed by atoms with van der Waals surface area (Å²) >= 11 is 6.25. The van der Waals surface area contributed by atoms with Crippen molar-refractivity contribution in [1.82, 2.24) is 30.4 Å². The molecule has 2 aromatic rings. The van der Waals surface area contributed by atoms with Crippen LogP contribution in [0.25, 0.3) is 5.69 Å². The maximum absolute atomic E-state index is 12.7. The summed E-state index contributed by atoms with van der Waals surface area (Å²) in [6.45, 7) is 3.11. The lowest BCUT2D eigenvalue weighted by Gasteiger charge is -2.44. The molecule has 3 heterocycles. The Labute approximate surface area is 157 Å². The number of nitrogens with zero attached hydrogens (tertiary/aromatic N) is 5. The van der Waals surface area contributed by atoms with Crippen molar-refractivity contribution in [3.05, 3.63) is 35.1 Å². The average Bonchev–Trinajstić information content (AvgIpc) is 3.21. The fourth-order valence-corrected chi connectivity index (χ4v) is 4.45. The normalized spacial score (nSPS) is 23.4. The number of halogens is 1. The van der Waals surface area contributed by atoms with Gasteiger partial charge in [0.05, 0.1) is 16.3 Å². The Bertz CT molecular complexity index is 763. The molecule has 0 saturated carbocycles. The molecule has 1 N–H and O–H groups in total. The predicted molar refractivity (Wildman–Crippen MR) is 98.4 cm³/mol. The van der Waals surface area contributed by atoms with Gasteiger partial charge in [-0.1, -0.05) is 18.0 Å². The van der Waals surface area contributed by atoms with Crippen LogP contribution in [0.15, 0.2) is 24.5 Å². The fraction of sp³-hybridized carbons (Fsp3) is 0.556. The van der Waals surface area contributed by atoms with E-state index in [0.717, 1.165) is 0 Å². The highest BCUT2D eigenvalue weighted by atomic mass is 35.5. The second-order valence-corrected chi connectivity index (χ2v) is 7.54. The second-order valence-electron chi connectivity index (χ2n) is 7.13. The van der Waals surface area contributed by atoms with Gasteiger partial charge >= 0.3 is 0 Å². The molecular formula is C18H23ClN6O. The van der Waals surface area contributed by atoms with E-state index < -0.39 is 0 Å². The monoisotopic (exact) mass is 374 g/mol. The number of carbonyl (C=O) groups excluding carboxylic acids is 1. The summed E-state index contributed by atoms with van der Waals surface area (Å²) in [7, 11) is 0. The number of nitrogens with one attached hydrogen (secondary N) is 1. The third-order valence-electron chi connectivity index (χ3n) is 5.56. The van der Waals surface area contributed by atoms with E-state index in [2.05, 4.69) is 25.7 Å². The van der Waals surface area contributed by atoms with Crippen molar-refractivity contribution in [1.29, 1.82) is 0 Å². The SMILES string of the molecule is O=C(NC[C@@H]1CCCN2CCCC[C@H]12)c1cc(-n2cnnn2)ccc1Cl. The maximum Gasteiger partial charge on any atom is 0.252 e. The molecule has 2 atom stereocenters. The van der Waals surface area contributed by atoms with Crippen LogP contribution in [0.1, 0.15) is 42.5 Å². The molecule has 0 spiro atoms. The van der Waals surface area contributed by atoms with Crippen molar-refractivity contribution in [2.45, 2.75) is 38.1 Å². The standard InChI is InChI=1S/C18H23ClN6O/c19-16-7-6-14(25-12-21-22-23-25)10-15(16)18(26)20-11-13-4-3-9-24-8-2-1-5-17(13)24/h6-7,10,12-13,17H,1-5,8-9,11H2,(H,20,26)/t13-,17+/m0/s1. The lowest BCUT2D eigenvalue weighted by atomic mass is 9.83. The third-order valence-corrected chi connectivity index (χ3v) is 5.89. The Balaban J connectivity index is 1.44. The summed E-state index contributed by atoms with van der Waals surface area (Å²) in [5.74, 6) is 0.382. The number of benzene rings is 1. The zero-order valence-electron chi connectivity index (χ0n) is 14.6. The zero-order valence-corrected chi connectivity index (χ0v) is 15.4. The number of hydrogen-bond donors (Lipinski definition) is 1. The number of rotatable bonds is 4. The topological polar surface area (TPSA) is 75.9 Å². The van der Waals surface area contributed by atoms with Gasteiger partial charge in [-0.3, -0.25) is 4.79 Å². The first-order valence-corrected chi connectivity index (χ1v) is 9.65. The van der Waals surface area contributed by atoms with Gasteiger partial charge in [-0.05, 0) is 73.3 Å². The number of fused-ring (bicyclic) bond motifs is 1. The van der Waals surface area contributed by atoms with Gasteiger partial charge in [-0.15, -0.1) is 5.10 Å². The van der Waals surface area contributed by atoms with Crippen LogP contribution < -0.4 is 5.32 Å². The molecule has 2 aliphatic heterocycles. The summed E-state index contributed by atoms with van der Waals surface area (Å²) < 4.78 is 1.51. The van der Waals surface area contributed by atoms with Gasteiger partial charge < -0.3 is 10.2 Å². The van der Waals surface area contributed by atoms with Crippen molar-refractivity contribution in [3.8, 4) is 5.69 Å². The number of hydrogen-bond acceptors (Lipinski definition) is 5. The van der Waals surface area contributed by atoms with Gasteiger partial charge in [0.2, 0.25) is 0 Å². The van der Waals surface area contributed by atoms with Crippen LogP contribution in [-0.4, -0.2) is 56.7 Å². The Kier molecular flexibility index (Phi) is 5.17. The summed E-state index contributed by atoms with van der Waals surface area (Å²) in [6.07, 6.45) is 7.73. The molecule has 7 nitrogen and oxygen atoms in total. The molecule has 1 aromatic carbocycles. The fourth-order valence-electron chi connectivity index (χ4n) is 4.24. The molecule has 8 heteroatoms. The smallest absolute Gasteiger partial charge is 0.252 e. The first-order chi connectivity index (χ1) is 12.7. The van der Waals surface area contributed by atoms with E-state index in [-0.39, 0.29) is 5.91 Å². The first kappa shape index (κ1) is 17.4. The van der Waals surface area contributed by atoms with Gasteiger partial charge in [0, 0.05) is 12.6 Å². The molecule has 4 rings (SSSR count). The minimum absolute atomic E-state index is 0.141. The molecule has 0 unspecified atom stereocenters. The van der Waals surface area contributed by atoms with Crippen LogP contribution in [0.4, 0.5) is 0 Å². The van der Waals surface area contributed by atoms with Crippen LogP contribution in [-0.2, 0) is 0 Å². The minimum atomic E-state index is -0.141. The van der Waals surface area contributed by atoms with E-state index in [1.54, 1.807) is 18.2 Å². The molecule has 2 saturated heterocycles. The van der Waals surface area contributed by atoms with E-state index in [1.165, 1.54) is 56.2 Å². The van der Waals surface area contributed by atoms with E-state index in [0.29, 0.717) is 34.8 Å². The first-order valence-electron chi connectivity index (χ1n) is 9.27. The van der Waals surface area contributed by atoms with Crippen molar-refractivity contribution >= 4 is 17.5 Å². The molecule has 1 amide bonds. The molecular weight excluding hydrogens is 352 g/mol. The van der Waals surface area contributed by atoms with Crippen molar-refractivity contribution in [2.24, 2.45) is 5.92 Å². The average molecular weight is 375 g/mol. The van der Waals surface area contributed by atoms with Crippen LogP contribution in [0.3, 0.4) is 0 Å². The van der Waals surface area contributed by atoms with Crippen LogP contribution in [0.2, 0.25) is 5.02 Å². The lowest BCUT2D eigenvalue weighted by molar-refractivity contribution is 0.0575. The van der Waals surface area contributed by atoms with Crippen LogP contribution in [0, 0.1) is 5.92 Å². The Hall–Kier alpha value is -1.99. The summed E-state index contributed by atoms with van der Waals surface area (Å²) in [5.41, 5.74) is 1.16. The summed E-state index contributed by atoms with van der Waals surface area (Å²) in [5, 5.41) is 14.6. The molecule has 0 aliphatic carbocycles. The van der Waals surface area contributed by atoms with E-state index >= 15 is 0 Å². The highest BCUT2D eigenvalue weighted by molar-refractivity contribution is 6.33. The third kappa shape index (κ3) is 3.59. The van der Waals surface area contributed by atoms with Crippen molar-refractivity contribution in [3.63, 3.8) is 0 Å². The molecule has 2 fully saturated rings. The highest BCUT2D eigenvalue weighted by Crippen LogP contribution is 2.30. The largest absolute Gasteiger partial charge is 0.352 e. The molecule has 0 radical (unpaired) electrons. The van der Waals surface area contributed by atoms with Gasteiger partial charge in [-0.25, -0.2) is 4.68 Å². The molecule has 2 aliphatic rings. The van der Waals surface area contributed by atoms with Gasteiger partial charge in [0.15, 0.2) is 0 Å². The van der Waals surface area contributed by atoms with E-state index in [4.69, 9.17) is 11.6 Å². The van der Waals surface area contributed by atoms with Crippen LogP contribution >= 0.6 is 11.6 Å². The van der Waals surface area contributed by atoms with Gasteiger partial charge in [-0.2, -0.15) is 0 Å². The number of carbonyl (C=O) groups is 1. The Morgan fingerprint density at radius 2 is 2.12 bits per heavy atom. The predicted octanol–water partition coefficient (Wildman–Crippen LogP) is 2.31. The van der Waals surface area contributed by atoms with Crippen molar-refractivity contribution in [2.75, 3.05) is 19.6 Å². The summed E-state index contributed by atoms with van der Waals surface area (Å²) in [6, 6.07) is 5.83. The minimum Gasteiger partial charge on any atom is -0.352 e. The number of amides is 1. The van der Waals surface area contributed by atoms with Gasteiger partial charge in [0.1, 0.15) is 6.33 Å². The highest BCUT2D eigenvalue weighted by Gasteiger charge is 2.33. The quantitative estimate of drug-likeness (QED) is 0.888. The lowest BCUT2D eigenvalue weighted by Crippen LogP contribution is -2.51. The van der Waals surface area contributed by atoms with Gasteiger partial charge in [0.25, 0.3) is 5.91 Å². The second kappa shape index (κ2) is 7.72. The number of tetrazole rings is 1. The number of piperidine rings is 2. The van der Waals surface area contributed by atoms with Crippen LogP contribution in [0.5, 0.6) is 0 Å². The maximum atomic E-state index is 12.7. The van der Waals surface area contributed by atoms with Crippen molar-refractivity contribution < 1.29 is 4.79 Å². The van der Waals surface area contributed by atoms with E-state index in [9.17, 15) is 4.79 Å². The summed E-state index contributed by atoms with van der Waals surface area (Å²) in [4.78, 5) is 15.3. The Morgan fingerprint density at radius 1 is 1.23 bits per heavy atom. The zero-order chi connectivity index (χ0) is 17.9. The molecule has 26 heavy (non-hydrogen) atoms. The molecule has 1 aromatic heterocycles. The molecule has 138 valence electrons. The Morgan fingerprint density at radius 3 is 2.96 bits per heavy atom. The van der Waals surface area contributed by atoms with E-state index in [1.807, 2.05) is 0 Å². The number of aromatic nitrogens is 4.